The fraction of sp³-hybridized carbons (Fsp3) is 0.353. The molecule has 0 saturated carbocycles. The molecule has 2 heterocycles. The van der Waals surface area contributed by atoms with Crippen molar-refractivity contribution in [3.05, 3.63) is 35.8 Å². The second-order valence-corrected chi connectivity index (χ2v) is 6.71. The summed E-state index contributed by atoms with van der Waals surface area (Å²) in [5.41, 5.74) is 4.94. The van der Waals surface area contributed by atoms with E-state index in [0.29, 0.717) is 11.3 Å². The summed E-state index contributed by atoms with van der Waals surface area (Å²) in [7, 11) is 0. The van der Waals surface area contributed by atoms with Crippen molar-refractivity contribution in [2.24, 2.45) is 0 Å². The van der Waals surface area contributed by atoms with Crippen LogP contribution in [0, 0.1) is 11.6 Å². The van der Waals surface area contributed by atoms with Crippen LogP contribution in [0.2, 0.25) is 0 Å². The van der Waals surface area contributed by atoms with E-state index in [0.717, 1.165) is 12.3 Å². The van der Waals surface area contributed by atoms with Gasteiger partial charge in [0.25, 0.3) is 0 Å². The van der Waals surface area contributed by atoms with E-state index in [1.807, 2.05) is 13.8 Å². The molecule has 1 aromatic carbocycles. The number of halogens is 2. The van der Waals surface area contributed by atoms with Crippen LogP contribution in [0.15, 0.2) is 18.3 Å². The van der Waals surface area contributed by atoms with Crippen LogP contribution in [0.4, 0.5) is 14.7 Å². The van der Waals surface area contributed by atoms with Crippen LogP contribution in [0.5, 0.6) is 0 Å². The van der Waals surface area contributed by atoms with Gasteiger partial charge in [-0.05, 0) is 39.8 Å². The minimum atomic E-state index is -1.26. The first-order valence-corrected chi connectivity index (χ1v) is 7.82. The molecule has 0 bridgehead atoms. The highest BCUT2D eigenvalue weighted by atomic mass is 19.1. The highest BCUT2D eigenvalue weighted by Crippen LogP contribution is 2.33. The predicted octanol–water partition coefficient (Wildman–Crippen LogP) is 3.16. The summed E-state index contributed by atoms with van der Waals surface area (Å²) >= 11 is 0. The smallest absolute Gasteiger partial charge is 0.220 e. The molecule has 0 aliphatic heterocycles. The number of nitrogen functional groups attached to an aromatic ring is 1. The molecular weight excluding hydrogens is 328 g/mol. The molecule has 3 rings (SSSR count). The van der Waals surface area contributed by atoms with Crippen molar-refractivity contribution >= 4 is 17.0 Å². The molecule has 0 unspecified atom stereocenters. The molecule has 132 valence electrons. The van der Waals surface area contributed by atoms with Gasteiger partial charge in [-0.15, -0.1) is 0 Å². The Bertz CT molecular complexity index is 960. The van der Waals surface area contributed by atoms with Crippen LogP contribution in [0.3, 0.4) is 0 Å². The third-order valence-electron chi connectivity index (χ3n) is 3.85. The lowest BCUT2D eigenvalue weighted by molar-refractivity contribution is 0.0641. The molecule has 25 heavy (non-hydrogen) atoms. The van der Waals surface area contributed by atoms with Gasteiger partial charge in [0, 0.05) is 11.6 Å². The minimum absolute atomic E-state index is 0.0883. The number of nitrogens with two attached hydrogens (primary N) is 1. The van der Waals surface area contributed by atoms with Gasteiger partial charge in [-0.25, -0.2) is 23.7 Å². The number of nitrogens with zero attached hydrogens (tertiary/aromatic N) is 4. The van der Waals surface area contributed by atoms with Crippen molar-refractivity contribution in [2.45, 2.75) is 39.3 Å². The Kier molecular flexibility index (Phi) is 3.95. The maximum Gasteiger partial charge on any atom is 0.220 e. The Hall–Kier alpha value is -2.61. The van der Waals surface area contributed by atoms with E-state index in [1.54, 1.807) is 24.5 Å². The quantitative estimate of drug-likeness (QED) is 0.759. The van der Waals surface area contributed by atoms with E-state index in [9.17, 15) is 13.9 Å². The summed E-state index contributed by atoms with van der Waals surface area (Å²) in [5.74, 6) is -1.11. The summed E-state index contributed by atoms with van der Waals surface area (Å²) in [6, 6.07) is 2.64. The molecular formula is C17H19F2N5O. The molecule has 3 N–H and O–H groups in total. The minimum Gasteiger partial charge on any atom is -0.383 e. The van der Waals surface area contributed by atoms with Crippen LogP contribution < -0.4 is 5.73 Å². The van der Waals surface area contributed by atoms with Gasteiger partial charge in [-0.3, -0.25) is 0 Å². The SMILES string of the molecule is CC(C)n1c(C(C)(C)O)nc2c(F)cc(-c3nc(N)ncc3F)cc21. The van der Waals surface area contributed by atoms with Crippen molar-refractivity contribution in [2.75, 3.05) is 5.73 Å². The Labute approximate surface area is 143 Å². The van der Waals surface area contributed by atoms with Crippen molar-refractivity contribution < 1.29 is 13.9 Å². The van der Waals surface area contributed by atoms with Crippen molar-refractivity contribution in [3.63, 3.8) is 0 Å². The number of rotatable bonds is 3. The monoisotopic (exact) mass is 347 g/mol. The molecule has 0 fully saturated rings. The molecule has 0 aliphatic carbocycles. The number of fused-ring (bicyclic) bond motifs is 1. The van der Waals surface area contributed by atoms with E-state index >= 15 is 0 Å². The van der Waals surface area contributed by atoms with Crippen molar-refractivity contribution in [3.8, 4) is 11.3 Å². The molecule has 2 aromatic heterocycles. The van der Waals surface area contributed by atoms with Gasteiger partial charge in [-0.1, -0.05) is 0 Å². The number of anilines is 1. The van der Waals surface area contributed by atoms with Gasteiger partial charge in [0.1, 0.15) is 22.6 Å². The zero-order valence-electron chi connectivity index (χ0n) is 14.4. The maximum absolute atomic E-state index is 14.7. The average molecular weight is 347 g/mol. The Morgan fingerprint density at radius 2 is 1.84 bits per heavy atom. The Morgan fingerprint density at radius 1 is 1.16 bits per heavy atom. The third-order valence-corrected chi connectivity index (χ3v) is 3.85. The topological polar surface area (TPSA) is 89.8 Å². The van der Waals surface area contributed by atoms with E-state index in [2.05, 4.69) is 15.0 Å². The number of imidazole rings is 1. The largest absolute Gasteiger partial charge is 0.383 e. The lowest BCUT2D eigenvalue weighted by Gasteiger charge is -2.21. The lowest BCUT2D eigenvalue weighted by atomic mass is 10.1. The molecule has 0 saturated heterocycles. The first-order chi connectivity index (χ1) is 11.6. The standard InChI is InChI=1S/C17H19F2N5O/c1-8(2)24-12-6-9(13-11(19)7-21-16(20)23-13)5-10(18)14(12)22-15(24)17(3,4)25/h5-8,25H,1-4H3,(H2,20,21,23). The van der Waals surface area contributed by atoms with Crippen molar-refractivity contribution in [1.29, 1.82) is 0 Å². The molecule has 3 aromatic rings. The number of aliphatic hydroxyl groups is 1. The Morgan fingerprint density at radius 3 is 2.44 bits per heavy atom. The molecule has 8 heteroatoms. The normalized spacial score (nSPS) is 12.3. The van der Waals surface area contributed by atoms with Gasteiger partial charge in [0.15, 0.2) is 11.6 Å². The molecule has 0 aliphatic rings. The van der Waals surface area contributed by atoms with E-state index in [-0.39, 0.29) is 28.8 Å². The molecule has 0 atom stereocenters. The van der Waals surface area contributed by atoms with Gasteiger partial charge >= 0.3 is 0 Å². The first-order valence-electron chi connectivity index (χ1n) is 7.82. The average Bonchev–Trinajstić information content (AvgIpc) is 2.90. The molecule has 0 radical (unpaired) electrons. The number of benzene rings is 1. The number of hydrogen-bond donors (Lipinski definition) is 2. The maximum atomic E-state index is 14.7. The highest BCUT2D eigenvalue weighted by molar-refractivity contribution is 5.83. The summed E-state index contributed by atoms with van der Waals surface area (Å²) in [5, 5.41) is 10.4. The van der Waals surface area contributed by atoms with Gasteiger partial charge in [-0.2, -0.15) is 0 Å². The first kappa shape index (κ1) is 17.2. The number of hydrogen-bond acceptors (Lipinski definition) is 5. The van der Waals surface area contributed by atoms with E-state index in [4.69, 9.17) is 5.73 Å². The van der Waals surface area contributed by atoms with E-state index in [1.165, 1.54) is 0 Å². The lowest BCUT2D eigenvalue weighted by Crippen LogP contribution is -2.23. The fourth-order valence-electron chi connectivity index (χ4n) is 2.83. The van der Waals surface area contributed by atoms with E-state index < -0.39 is 17.2 Å². The molecule has 6 nitrogen and oxygen atoms in total. The summed E-state index contributed by atoms with van der Waals surface area (Å²) in [6.45, 7) is 6.95. The second-order valence-electron chi connectivity index (χ2n) is 6.71. The van der Waals surface area contributed by atoms with Crippen molar-refractivity contribution in [1.82, 2.24) is 19.5 Å². The number of aromatic nitrogens is 4. The fourth-order valence-corrected chi connectivity index (χ4v) is 2.83. The zero-order valence-corrected chi connectivity index (χ0v) is 14.4. The zero-order chi connectivity index (χ0) is 18.5. The van der Waals surface area contributed by atoms with Gasteiger partial charge < -0.3 is 15.4 Å². The van der Waals surface area contributed by atoms with Crippen LogP contribution in [-0.2, 0) is 5.60 Å². The summed E-state index contributed by atoms with van der Waals surface area (Å²) in [4.78, 5) is 11.7. The van der Waals surface area contributed by atoms with Gasteiger partial charge in [0.2, 0.25) is 5.95 Å². The van der Waals surface area contributed by atoms with Crippen LogP contribution in [0.1, 0.15) is 39.6 Å². The van der Waals surface area contributed by atoms with Gasteiger partial charge in [0.05, 0.1) is 11.7 Å². The second kappa shape index (κ2) is 5.73. The Balaban J connectivity index is 2.36. The highest BCUT2D eigenvalue weighted by Gasteiger charge is 2.28. The summed E-state index contributed by atoms with van der Waals surface area (Å²) in [6.07, 6.45) is 0.946. The van der Waals surface area contributed by atoms with Crippen LogP contribution >= 0.6 is 0 Å². The van der Waals surface area contributed by atoms with Crippen LogP contribution in [0.25, 0.3) is 22.3 Å². The summed E-state index contributed by atoms with van der Waals surface area (Å²) < 4.78 is 30.5. The third kappa shape index (κ3) is 2.93. The molecule has 0 amide bonds. The molecule has 0 spiro atoms. The predicted molar refractivity (Wildman–Crippen MR) is 90.7 cm³/mol. The van der Waals surface area contributed by atoms with Crippen LogP contribution in [-0.4, -0.2) is 24.6 Å².